The molecule has 33 heavy (non-hydrogen) atoms. The summed E-state index contributed by atoms with van der Waals surface area (Å²) in [6, 6.07) is 14.3. The lowest BCUT2D eigenvalue weighted by atomic mass is 10.1. The number of halogens is 1. The van der Waals surface area contributed by atoms with Gasteiger partial charge in [-0.05, 0) is 55.7 Å². The third-order valence-electron chi connectivity index (χ3n) is 6.10. The summed E-state index contributed by atoms with van der Waals surface area (Å²) in [5.74, 6) is 1.44. The van der Waals surface area contributed by atoms with E-state index in [9.17, 15) is 9.18 Å². The topological polar surface area (TPSA) is 58.8 Å². The second-order valence-electron chi connectivity index (χ2n) is 8.55. The molecule has 1 amide bonds. The number of carbonyl (C=O) groups is 1. The molecule has 1 fully saturated rings. The second kappa shape index (κ2) is 10.6. The average molecular weight is 452 g/mol. The van der Waals surface area contributed by atoms with E-state index in [0.29, 0.717) is 19.6 Å². The van der Waals surface area contributed by atoms with Crippen LogP contribution in [0.25, 0.3) is 0 Å². The van der Waals surface area contributed by atoms with Gasteiger partial charge >= 0.3 is 0 Å². The van der Waals surface area contributed by atoms with E-state index in [0.717, 1.165) is 66.5 Å². The van der Waals surface area contributed by atoms with E-state index in [1.54, 1.807) is 0 Å². The van der Waals surface area contributed by atoms with Gasteiger partial charge in [-0.15, -0.1) is 0 Å². The molecule has 0 aliphatic carbocycles. The Balaban J connectivity index is 1.26. The number of hydrogen-bond acceptors (Lipinski definition) is 5. The second-order valence-corrected chi connectivity index (χ2v) is 8.55. The van der Waals surface area contributed by atoms with Crippen LogP contribution in [0.2, 0.25) is 0 Å². The lowest BCUT2D eigenvalue weighted by Gasteiger charge is -2.22. The maximum atomic E-state index is 13.1. The molecule has 0 spiro atoms. The number of amides is 1. The average Bonchev–Trinajstić information content (AvgIpc) is 2.99. The van der Waals surface area contributed by atoms with Crippen molar-refractivity contribution in [2.75, 3.05) is 26.2 Å². The molecule has 1 aliphatic heterocycles. The largest absolute Gasteiger partial charge is 0.489 e. The van der Waals surface area contributed by atoms with Crippen LogP contribution >= 0.6 is 0 Å². The van der Waals surface area contributed by atoms with E-state index in [-0.39, 0.29) is 11.7 Å². The smallest absolute Gasteiger partial charge is 0.227 e. The monoisotopic (exact) mass is 451 g/mol. The van der Waals surface area contributed by atoms with Gasteiger partial charge < -0.3 is 14.2 Å². The fraction of sp³-hybridized carbons (Fsp3) is 0.385. The third kappa shape index (κ3) is 6.20. The Morgan fingerprint density at radius 3 is 2.42 bits per heavy atom. The Bertz CT molecular complexity index is 1040. The normalized spacial score (nSPS) is 14.8. The van der Waals surface area contributed by atoms with E-state index in [1.807, 2.05) is 55.1 Å². The van der Waals surface area contributed by atoms with Crippen LogP contribution in [0.1, 0.15) is 34.6 Å². The quantitative estimate of drug-likeness (QED) is 0.537. The van der Waals surface area contributed by atoms with Gasteiger partial charge in [0.1, 0.15) is 23.9 Å². The highest BCUT2D eigenvalue weighted by atomic mass is 19.1. The molecule has 0 atom stereocenters. The molecule has 0 N–H and O–H groups in total. The van der Waals surface area contributed by atoms with Gasteiger partial charge in [-0.25, -0.2) is 4.39 Å². The summed E-state index contributed by atoms with van der Waals surface area (Å²) in [7, 11) is 0. The van der Waals surface area contributed by atoms with Crippen LogP contribution in [0.5, 0.6) is 5.75 Å². The Labute approximate surface area is 193 Å². The van der Waals surface area contributed by atoms with Crippen molar-refractivity contribution in [2.24, 2.45) is 0 Å². The summed E-state index contributed by atoms with van der Waals surface area (Å²) in [4.78, 5) is 17.2. The van der Waals surface area contributed by atoms with Gasteiger partial charge in [0.25, 0.3) is 0 Å². The first-order valence-corrected chi connectivity index (χ1v) is 11.4. The summed E-state index contributed by atoms with van der Waals surface area (Å²) >= 11 is 0. The third-order valence-corrected chi connectivity index (χ3v) is 6.10. The molecule has 3 aromatic rings. The Hall–Kier alpha value is -3.19. The zero-order valence-corrected chi connectivity index (χ0v) is 19.2. The van der Waals surface area contributed by atoms with E-state index >= 15 is 0 Å². The fourth-order valence-electron chi connectivity index (χ4n) is 4.08. The van der Waals surface area contributed by atoms with E-state index in [2.05, 4.69) is 10.1 Å². The van der Waals surface area contributed by atoms with Gasteiger partial charge in [0.2, 0.25) is 5.91 Å². The van der Waals surface area contributed by atoms with Crippen molar-refractivity contribution in [1.82, 2.24) is 15.0 Å². The van der Waals surface area contributed by atoms with Crippen LogP contribution in [0.3, 0.4) is 0 Å². The first-order chi connectivity index (χ1) is 16.0. The van der Waals surface area contributed by atoms with Crippen LogP contribution in [-0.2, 0) is 24.4 Å². The summed E-state index contributed by atoms with van der Waals surface area (Å²) < 4.78 is 24.1. The van der Waals surface area contributed by atoms with Gasteiger partial charge in [-0.3, -0.25) is 9.69 Å². The fourth-order valence-corrected chi connectivity index (χ4v) is 4.08. The van der Waals surface area contributed by atoms with E-state index in [1.165, 1.54) is 12.1 Å². The molecule has 2 heterocycles. The molecule has 0 saturated carbocycles. The highest BCUT2D eigenvalue weighted by molar-refractivity contribution is 5.78. The van der Waals surface area contributed by atoms with Crippen molar-refractivity contribution in [2.45, 2.75) is 39.8 Å². The first-order valence-electron chi connectivity index (χ1n) is 11.4. The minimum atomic E-state index is -0.216. The zero-order chi connectivity index (χ0) is 23.2. The number of benzene rings is 2. The number of nitrogens with zero attached hydrogens (tertiary/aromatic N) is 3. The van der Waals surface area contributed by atoms with Crippen LogP contribution in [0, 0.1) is 19.7 Å². The molecule has 7 heteroatoms. The minimum Gasteiger partial charge on any atom is -0.489 e. The van der Waals surface area contributed by atoms with E-state index < -0.39 is 0 Å². The molecule has 1 saturated heterocycles. The zero-order valence-electron chi connectivity index (χ0n) is 19.2. The predicted octanol–water partition coefficient (Wildman–Crippen LogP) is 4.29. The molecule has 0 bridgehead atoms. The number of carbonyl (C=O) groups excluding carboxylic acids is 1. The SMILES string of the molecule is Cc1noc(C)c1COc1ccc(CC(=O)N2CCCN(Cc3ccc(F)cc3)CC2)cc1. The highest BCUT2D eigenvalue weighted by Gasteiger charge is 2.19. The Kier molecular flexibility index (Phi) is 7.40. The molecule has 1 aliphatic rings. The van der Waals surface area contributed by atoms with Crippen molar-refractivity contribution in [3.05, 3.63) is 82.5 Å². The summed E-state index contributed by atoms with van der Waals surface area (Å²) in [6.45, 7) is 8.17. The molecule has 174 valence electrons. The van der Waals surface area contributed by atoms with Gasteiger partial charge in [0, 0.05) is 32.7 Å². The summed E-state index contributed by atoms with van der Waals surface area (Å²) in [6.07, 6.45) is 1.31. The summed E-state index contributed by atoms with van der Waals surface area (Å²) in [5.41, 5.74) is 3.86. The van der Waals surface area contributed by atoms with Crippen molar-refractivity contribution in [1.29, 1.82) is 0 Å². The lowest BCUT2D eigenvalue weighted by Crippen LogP contribution is -2.36. The maximum absolute atomic E-state index is 13.1. The molecule has 2 aromatic carbocycles. The van der Waals surface area contributed by atoms with Crippen molar-refractivity contribution in [3.63, 3.8) is 0 Å². The number of hydrogen-bond donors (Lipinski definition) is 0. The predicted molar refractivity (Wildman–Crippen MR) is 123 cm³/mol. The molecule has 1 aromatic heterocycles. The van der Waals surface area contributed by atoms with E-state index in [4.69, 9.17) is 9.26 Å². The van der Waals surface area contributed by atoms with Gasteiger partial charge in [0.15, 0.2) is 0 Å². The van der Waals surface area contributed by atoms with Gasteiger partial charge in [0.05, 0.1) is 17.7 Å². The maximum Gasteiger partial charge on any atom is 0.227 e. The molecule has 0 radical (unpaired) electrons. The minimum absolute atomic E-state index is 0.142. The van der Waals surface area contributed by atoms with Crippen LogP contribution in [-0.4, -0.2) is 47.0 Å². The molecule has 6 nitrogen and oxygen atoms in total. The number of aryl methyl sites for hydroxylation is 2. The van der Waals surface area contributed by atoms with Crippen molar-refractivity contribution in [3.8, 4) is 5.75 Å². The number of aromatic nitrogens is 1. The number of ether oxygens (including phenoxy) is 1. The lowest BCUT2D eigenvalue weighted by molar-refractivity contribution is -0.130. The Morgan fingerprint density at radius 2 is 1.73 bits per heavy atom. The van der Waals surface area contributed by atoms with Crippen LogP contribution in [0.4, 0.5) is 4.39 Å². The summed E-state index contributed by atoms with van der Waals surface area (Å²) in [5, 5.41) is 3.94. The van der Waals surface area contributed by atoms with Gasteiger partial charge in [-0.1, -0.05) is 29.4 Å². The first kappa shape index (κ1) is 23.0. The molecule has 0 unspecified atom stereocenters. The molecular weight excluding hydrogens is 421 g/mol. The van der Waals surface area contributed by atoms with Gasteiger partial charge in [-0.2, -0.15) is 0 Å². The van der Waals surface area contributed by atoms with Crippen LogP contribution in [0.15, 0.2) is 53.1 Å². The number of rotatable bonds is 7. The highest BCUT2D eigenvalue weighted by Crippen LogP contribution is 2.19. The van der Waals surface area contributed by atoms with Crippen molar-refractivity contribution >= 4 is 5.91 Å². The Morgan fingerprint density at radius 1 is 1.00 bits per heavy atom. The standard InChI is InChI=1S/C26H30FN3O3/c1-19-25(20(2)33-28-19)18-32-24-10-6-21(7-11-24)16-26(31)30-13-3-12-29(14-15-30)17-22-4-8-23(27)9-5-22/h4-11H,3,12-18H2,1-2H3. The molecular formula is C26H30FN3O3. The van der Waals surface area contributed by atoms with Crippen molar-refractivity contribution < 1.29 is 18.4 Å². The van der Waals surface area contributed by atoms with Crippen LogP contribution < -0.4 is 4.74 Å². The molecule has 4 rings (SSSR count).